The van der Waals surface area contributed by atoms with Crippen LogP contribution in [0.5, 0.6) is 11.5 Å². The molecule has 2 aromatic rings. The number of carbonyl (C=O) groups excluding carboxylic acids is 1. The molecule has 0 aliphatic carbocycles. The average molecular weight is 322 g/mol. The predicted octanol–water partition coefficient (Wildman–Crippen LogP) is 2.87. The molecule has 2 aromatic carbocycles. The van der Waals surface area contributed by atoms with Crippen LogP contribution in [0.4, 0.5) is 0 Å². The zero-order valence-electron chi connectivity index (χ0n) is 13.4. The Morgan fingerprint density at radius 1 is 1.29 bits per heavy atom. The molecule has 1 heterocycles. The lowest BCUT2D eigenvalue weighted by Crippen LogP contribution is -2.29. The molecule has 1 atom stereocenters. The van der Waals surface area contributed by atoms with Crippen LogP contribution in [0.25, 0.3) is 0 Å². The molecule has 1 N–H and O–H groups in total. The summed E-state index contributed by atoms with van der Waals surface area (Å²) in [5.74, 6) is 1.23. The number of ether oxygens (including phenoxy) is 1. The number of β-amino-alcohol motifs (C(OH)–C–C–N with tert-alkyl or cyclic N) is 1. The molecule has 122 valence electrons. The van der Waals surface area contributed by atoms with Crippen molar-refractivity contribution in [1.29, 1.82) is 5.26 Å². The maximum Gasteiger partial charge on any atom is 0.253 e. The Kier molecular flexibility index (Phi) is 4.50. The lowest BCUT2D eigenvalue weighted by Gasteiger charge is -2.16. The molecule has 3 rings (SSSR count). The van der Waals surface area contributed by atoms with E-state index in [0.29, 0.717) is 42.1 Å². The van der Waals surface area contributed by atoms with Gasteiger partial charge in [-0.2, -0.15) is 5.26 Å². The highest BCUT2D eigenvalue weighted by molar-refractivity contribution is 5.94. The molecule has 0 aromatic heterocycles. The summed E-state index contributed by atoms with van der Waals surface area (Å²) in [5.41, 5.74) is 2.04. The van der Waals surface area contributed by atoms with Gasteiger partial charge in [-0.25, -0.2) is 0 Å². The molecule has 5 heteroatoms. The number of aliphatic hydroxyl groups excluding tert-OH is 1. The van der Waals surface area contributed by atoms with Gasteiger partial charge in [0.2, 0.25) is 0 Å². The summed E-state index contributed by atoms with van der Waals surface area (Å²) in [6, 6.07) is 14.3. The van der Waals surface area contributed by atoms with Gasteiger partial charge in [0.25, 0.3) is 5.91 Å². The molecule has 0 spiro atoms. The standard InChI is InChI=1S/C19H18N2O3/c1-13-10-14(11-20)2-7-18(13)24-17-5-3-15(4-6-17)19(23)21-9-8-16(22)12-21/h2-7,10,16,22H,8-9,12H2,1H3/t16-/m1/s1. The quantitative estimate of drug-likeness (QED) is 0.943. The molecule has 1 aliphatic rings. The second-order valence-corrected chi connectivity index (χ2v) is 5.91. The van der Waals surface area contributed by atoms with Crippen LogP contribution in [0.1, 0.15) is 27.9 Å². The highest BCUT2D eigenvalue weighted by Gasteiger charge is 2.25. The van der Waals surface area contributed by atoms with Crippen LogP contribution in [0.3, 0.4) is 0 Å². The third-order valence-electron chi connectivity index (χ3n) is 4.08. The number of benzene rings is 2. The number of nitrogens with zero attached hydrogens (tertiary/aromatic N) is 2. The van der Waals surface area contributed by atoms with E-state index in [1.807, 2.05) is 6.92 Å². The topological polar surface area (TPSA) is 73.6 Å². The van der Waals surface area contributed by atoms with Gasteiger partial charge in [0.15, 0.2) is 0 Å². The zero-order valence-corrected chi connectivity index (χ0v) is 13.4. The van der Waals surface area contributed by atoms with E-state index < -0.39 is 6.10 Å². The summed E-state index contributed by atoms with van der Waals surface area (Å²) in [5, 5.41) is 18.4. The van der Waals surface area contributed by atoms with Crippen molar-refractivity contribution in [2.24, 2.45) is 0 Å². The summed E-state index contributed by atoms with van der Waals surface area (Å²) >= 11 is 0. The molecule has 0 radical (unpaired) electrons. The first kappa shape index (κ1) is 16.0. The van der Waals surface area contributed by atoms with Crippen molar-refractivity contribution in [2.75, 3.05) is 13.1 Å². The third-order valence-corrected chi connectivity index (χ3v) is 4.08. The fraction of sp³-hybridized carbons (Fsp3) is 0.263. The maximum atomic E-state index is 12.3. The molecule has 1 saturated heterocycles. The first-order valence-electron chi connectivity index (χ1n) is 7.83. The predicted molar refractivity (Wildman–Crippen MR) is 88.9 cm³/mol. The average Bonchev–Trinajstić information content (AvgIpc) is 3.03. The lowest BCUT2D eigenvalue weighted by molar-refractivity contribution is 0.0765. The van der Waals surface area contributed by atoms with Crippen LogP contribution >= 0.6 is 0 Å². The van der Waals surface area contributed by atoms with Crippen LogP contribution in [0.15, 0.2) is 42.5 Å². The molecule has 0 saturated carbocycles. The molecule has 0 bridgehead atoms. The van der Waals surface area contributed by atoms with Crippen LogP contribution in [0.2, 0.25) is 0 Å². The van der Waals surface area contributed by atoms with Crippen molar-refractivity contribution in [3.8, 4) is 17.6 Å². The number of likely N-dealkylation sites (tertiary alicyclic amines) is 1. The van der Waals surface area contributed by atoms with Crippen LogP contribution in [-0.2, 0) is 0 Å². The van der Waals surface area contributed by atoms with Gasteiger partial charge >= 0.3 is 0 Å². The van der Waals surface area contributed by atoms with E-state index in [-0.39, 0.29) is 5.91 Å². The number of hydrogen-bond acceptors (Lipinski definition) is 4. The number of rotatable bonds is 3. The first-order valence-corrected chi connectivity index (χ1v) is 7.83. The van der Waals surface area contributed by atoms with Gasteiger partial charge in [-0.1, -0.05) is 0 Å². The number of nitriles is 1. The minimum Gasteiger partial charge on any atom is -0.457 e. The van der Waals surface area contributed by atoms with Gasteiger partial charge in [0.1, 0.15) is 11.5 Å². The highest BCUT2D eigenvalue weighted by Crippen LogP contribution is 2.26. The monoisotopic (exact) mass is 322 g/mol. The van der Waals surface area contributed by atoms with Gasteiger partial charge in [-0.15, -0.1) is 0 Å². The van der Waals surface area contributed by atoms with E-state index in [1.165, 1.54) is 0 Å². The van der Waals surface area contributed by atoms with Crippen molar-refractivity contribution >= 4 is 5.91 Å². The van der Waals surface area contributed by atoms with Crippen molar-refractivity contribution in [3.05, 3.63) is 59.2 Å². The van der Waals surface area contributed by atoms with Gasteiger partial charge in [-0.05, 0) is 61.4 Å². The molecule has 24 heavy (non-hydrogen) atoms. The number of hydrogen-bond donors (Lipinski definition) is 1. The summed E-state index contributed by atoms with van der Waals surface area (Å²) in [4.78, 5) is 14.0. The molecule has 1 amide bonds. The fourth-order valence-electron chi connectivity index (χ4n) is 2.73. The van der Waals surface area contributed by atoms with E-state index in [0.717, 1.165) is 5.56 Å². The second-order valence-electron chi connectivity index (χ2n) is 5.91. The van der Waals surface area contributed by atoms with E-state index in [4.69, 9.17) is 10.00 Å². The molecule has 0 unspecified atom stereocenters. The Balaban J connectivity index is 1.71. The van der Waals surface area contributed by atoms with Crippen LogP contribution < -0.4 is 4.74 Å². The number of aryl methyl sites for hydroxylation is 1. The minimum atomic E-state index is -0.420. The Morgan fingerprint density at radius 2 is 2.04 bits per heavy atom. The summed E-state index contributed by atoms with van der Waals surface area (Å²) < 4.78 is 5.81. The third kappa shape index (κ3) is 3.39. The van der Waals surface area contributed by atoms with Crippen molar-refractivity contribution < 1.29 is 14.6 Å². The maximum absolute atomic E-state index is 12.3. The van der Waals surface area contributed by atoms with E-state index in [1.54, 1.807) is 47.4 Å². The van der Waals surface area contributed by atoms with Gasteiger partial charge in [0, 0.05) is 18.7 Å². The largest absolute Gasteiger partial charge is 0.457 e. The normalized spacial score (nSPS) is 16.7. The highest BCUT2D eigenvalue weighted by atomic mass is 16.5. The second kappa shape index (κ2) is 6.73. The summed E-state index contributed by atoms with van der Waals surface area (Å²) in [6.45, 7) is 2.86. The molecular formula is C19H18N2O3. The SMILES string of the molecule is Cc1cc(C#N)ccc1Oc1ccc(C(=O)N2CC[C@@H](O)C2)cc1. The Hall–Kier alpha value is -2.84. The Bertz CT molecular complexity index is 793. The fourth-order valence-corrected chi connectivity index (χ4v) is 2.73. The Morgan fingerprint density at radius 3 is 2.62 bits per heavy atom. The number of amides is 1. The number of aliphatic hydroxyl groups is 1. The summed E-state index contributed by atoms with van der Waals surface area (Å²) in [6.07, 6.45) is 0.209. The minimum absolute atomic E-state index is 0.0762. The zero-order chi connectivity index (χ0) is 17.1. The lowest BCUT2D eigenvalue weighted by atomic mass is 10.1. The van der Waals surface area contributed by atoms with E-state index >= 15 is 0 Å². The molecule has 5 nitrogen and oxygen atoms in total. The smallest absolute Gasteiger partial charge is 0.253 e. The molecule has 1 aliphatic heterocycles. The first-order chi connectivity index (χ1) is 11.6. The van der Waals surface area contributed by atoms with Crippen molar-refractivity contribution in [2.45, 2.75) is 19.4 Å². The van der Waals surface area contributed by atoms with Crippen molar-refractivity contribution in [1.82, 2.24) is 4.90 Å². The summed E-state index contributed by atoms with van der Waals surface area (Å²) in [7, 11) is 0. The van der Waals surface area contributed by atoms with Crippen molar-refractivity contribution in [3.63, 3.8) is 0 Å². The van der Waals surface area contributed by atoms with Crippen LogP contribution in [0, 0.1) is 18.3 Å². The van der Waals surface area contributed by atoms with Gasteiger partial charge < -0.3 is 14.7 Å². The van der Waals surface area contributed by atoms with Gasteiger partial charge in [0.05, 0.1) is 17.7 Å². The number of carbonyl (C=O) groups is 1. The van der Waals surface area contributed by atoms with Crippen LogP contribution in [-0.4, -0.2) is 35.1 Å². The molecular weight excluding hydrogens is 304 g/mol. The Labute approximate surface area is 140 Å². The van der Waals surface area contributed by atoms with E-state index in [2.05, 4.69) is 6.07 Å². The molecule has 1 fully saturated rings. The van der Waals surface area contributed by atoms with E-state index in [9.17, 15) is 9.90 Å². The van der Waals surface area contributed by atoms with Gasteiger partial charge in [-0.3, -0.25) is 4.79 Å².